The lowest BCUT2D eigenvalue weighted by Gasteiger charge is -1.49. The third-order valence-electron chi connectivity index (χ3n) is 5.16. The van der Waals surface area contributed by atoms with Crippen molar-refractivity contribution in [2.45, 2.75) is 0 Å². The summed E-state index contributed by atoms with van der Waals surface area (Å²) < 4.78 is 25.4. The molecule has 15 rings (SSSR count). The molecule has 0 aromatic carbocycles. The Morgan fingerprint density at radius 3 is 1.00 bits per heavy atom. The number of nitrogens with zero attached hydrogens (tertiary/aromatic N) is 21. The minimum absolute atomic E-state index is 1.26. The molecule has 0 saturated heterocycles. The first-order chi connectivity index (χ1) is 37.5. The molecule has 15 heterocycles. The van der Waals surface area contributed by atoms with Crippen LogP contribution in [0.5, 0.6) is 0 Å². The Labute approximate surface area is 440 Å². The molecule has 15 aromatic heterocycles. The largest absolute Gasteiger partial charge is 0.452 e. The summed E-state index contributed by atoms with van der Waals surface area (Å²) in [7, 11) is 0. The molecule has 0 spiro atoms. The number of hydrogen-bond acceptors (Lipinski definition) is 30. The van der Waals surface area contributed by atoms with E-state index < -0.39 is 0 Å². The van der Waals surface area contributed by atoms with Crippen molar-refractivity contribution in [3.8, 4) is 0 Å². The average Bonchev–Trinajstić information content (AvgIpc) is 4.36. The Morgan fingerprint density at radius 1 is 0.333 bits per heavy atom. The van der Waals surface area contributed by atoms with Crippen LogP contribution in [0.15, 0.2) is 261 Å². The number of oxazole rings is 2. The Balaban J connectivity index is 0.000000402. The molecule has 0 aliphatic carbocycles. The lowest BCUT2D eigenvalue weighted by molar-refractivity contribution is 0.416. The van der Waals surface area contributed by atoms with E-state index >= 15 is 0 Å². The lowest BCUT2D eigenvalue weighted by atomic mass is 10.8. The van der Waals surface area contributed by atoms with Crippen LogP contribution in [0.3, 0.4) is 0 Å². The monoisotopic (exact) mass is 1100 g/mol. The fourth-order valence-corrected chi connectivity index (χ4v) is 3.87. The topological polar surface area (TPSA) is 431 Å². The number of aromatic amines is 6. The van der Waals surface area contributed by atoms with Crippen molar-refractivity contribution in [2.75, 3.05) is 0 Å². The molecule has 6 N–H and O–H groups in total. The molecule has 0 radical (unpaired) electrons. The molecule has 0 fully saturated rings. The maximum Gasteiger partial charge on any atom is 0.213 e. The minimum Gasteiger partial charge on any atom is -0.452 e. The molecule has 15 aromatic rings. The molecule has 0 aliphatic rings. The molecule has 0 amide bonds. The second-order valence-corrected chi connectivity index (χ2v) is 12.9. The van der Waals surface area contributed by atoms with Gasteiger partial charge in [-0.2, -0.15) is 24.8 Å². The summed E-state index contributed by atoms with van der Waals surface area (Å²) >= 11 is 6.05. The zero-order valence-electron chi connectivity index (χ0n) is 38.6. The van der Waals surface area contributed by atoms with E-state index in [9.17, 15) is 0 Å². The zero-order valence-corrected chi connectivity index (χ0v) is 41.8. The normalized spacial score (nSPS) is 8.00. The van der Waals surface area contributed by atoms with Crippen molar-refractivity contribution in [2.24, 2.45) is 0 Å². The highest BCUT2D eigenvalue weighted by Crippen LogP contribution is 1.86. The van der Waals surface area contributed by atoms with Crippen LogP contribution in [0.4, 0.5) is 0 Å². The van der Waals surface area contributed by atoms with E-state index in [1.165, 1.54) is 105 Å². The smallest absolute Gasteiger partial charge is 0.213 e. The standard InChI is InChI=1S/5C3H4N2.2C3H3NO.2C3H3NS.C2H3N3.3C2H2N2O.2C2H2N2S/c2*1-2-5-3-4-1;3*1-2-4-5-3-1;4*1-2-5-3-4-1;1-3-2-5-4-1;1-3-4-2-5-1;2*1-3-2-5-4-1;1-3-4-2-5-1;1-3-2-5-4-1/h5*1-3H,(H,4,5);4*1-3H;1-2H,(H,3,4,5);5*1-2H. The highest BCUT2D eigenvalue weighted by molar-refractivity contribution is 7.07. The predicted molar refractivity (Wildman–Crippen MR) is 269 cm³/mol. The SMILES string of the molecule is c1c[nH]cn1.c1c[nH]cn1.c1cn[nH]c1.c1cn[nH]c1.c1cn[nH]c1.c1cocn1.c1cocn1.c1cscn1.c1cscn1.c1nc[nH]n1.c1ncon1.c1ncon1.c1ncsn1.c1nnco1.c1nncs1. The fraction of sp³-hybridized carbons (Fsp3) is 0. The Morgan fingerprint density at radius 2 is 0.880 bits per heavy atom. The molecule has 0 unspecified atom stereocenters. The average molecular weight is 1100 g/mol. The quantitative estimate of drug-likeness (QED) is 0.0911. The summed E-state index contributed by atoms with van der Waals surface area (Å²) in [6.07, 6.45) is 45.2. The van der Waals surface area contributed by atoms with Crippen molar-refractivity contribution in [1.29, 1.82) is 0 Å². The van der Waals surface area contributed by atoms with Crippen molar-refractivity contribution in [3.63, 3.8) is 0 Å². The summed E-state index contributed by atoms with van der Waals surface area (Å²) in [6.45, 7) is 0. The van der Waals surface area contributed by atoms with Gasteiger partial charge < -0.3 is 32.3 Å². The van der Waals surface area contributed by atoms with E-state index in [2.05, 4.69) is 158 Å². The Bertz CT molecular complexity index is 1730. The first-order valence-corrected chi connectivity index (χ1v) is 23.4. The molecule has 0 bridgehead atoms. The van der Waals surface area contributed by atoms with Gasteiger partial charge in [0.2, 0.25) is 25.6 Å². The highest BCUT2D eigenvalue weighted by atomic mass is 32.1. The number of hydrogen-bond donors (Lipinski definition) is 6. The van der Waals surface area contributed by atoms with Crippen molar-refractivity contribution < 1.29 is 22.3 Å². The second kappa shape index (κ2) is 59.5. The van der Waals surface area contributed by atoms with E-state index in [1.54, 1.807) is 150 Å². The maximum absolute atomic E-state index is 4.47. The molecule has 390 valence electrons. The first kappa shape index (κ1) is 62.4. The summed E-state index contributed by atoms with van der Waals surface area (Å²) in [5.74, 6) is 0. The second-order valence-electron chi connectivity index (χ2n) is 10.1. The fourth-order valence-electron chi connectivity index (χ4n) is 2.63. The predicted octanol–water partition coefficient (Wildman–Crippen LogP) is 6.77. The van der Waals surface area contributed by atoms with Gasteiger partial charge in [-0.05, 0) is 29.7 Å². The Hall–Kier alpha value is -10.6. The van der Waals surface area contributed by atoms with Gasteiger partial charge in [-0.15, -0.1) is 54.4 Å². The number of aromatic nitrogens is 27. The summed E-state index contributed by atoms with van der Waals surface area (Å²) in [5.41, 5.74) is 8.62. The van der Waals surface area contributed by atoms with Crippen molar-refractivity contribution >= 4 is 45.5 Å². The number of imidazole rings is 2. The molecule has 0 aliphatic heterocycles. The van der Waals surface area contributed by atoms with Crippen LogP contribution in [0.2, 0.25) is 0 Å². The number of H-pyrrole nitrogens is 6. The first-order valence-electron chi connectivity index (χ1n) is 19.7. The summed E-state index contributed by atoms with van der Waals surface area (Å²) in [5, 5.41) is 48.5. The molecule has 0 saturated carbocycles. The lowest BCUT2D eigenvalue weighted by Crippen LogP contribution is -1.53. The van der Waals surface area contributed by atoms with E-state index in [4.69, 9.17) is 0 Å². The van der Waals surface area contributed by atoms with Gasteiger partial charge in [-0.3, -0.25) is 30.4 Å². The third kappa shape index (κ3) is 57.6. The molecule has 0 atom stereocenters. The zero-order chi connectivity index (χ0) is 53.0. The highest BCUT2D eigenvalue weighted by Gasteiger charge is 1.66. The van der Waals surface area contributed by atoms with Gasteiger partial charge in [0.1, 0.15) is 48.0 Å². The van der Waals surface area contributed by atoms with E-state index in [1.807, 2.05) is 29.0 Å². The number of rotatable bonds is 0. The number of thiazole rings is 2. The van der Waals surface area contributed by atoms with Crippen LogP contribution < -0.4 is 0 Å². The van der Waals surface area contributed by atoms with Crippen LogP contribution in [0, 0.1) is 0 Å². The van der Waals surface area contributed by atoms with Crippen LogP contribution >= 0.6 is 45.5 Å². The summed E-state index contributed by atoms with van der Waals surface area (Å²) in [4.78, 5) is 41.5. The summed E-state index contributed by atoms with van der Waals surface area (Å²) in [6, 6.07) is 5.50. The van der Waals surface area contributed by atoms with Crippen LogP contribution in [-0.2, 0) is 0 Å². The maximum atomic E-state index is 4.47. The van der Waals surface area contributed by atoms with Gasteiger partial charge in [0.25, 0.3) is 0 Å². The van der Waals surface area contributed by atoms with Crippen LogP contribution in [-0.4, -0.2) is 136 Å². The molecule has 36 heteroatoms. The van der Waals surface area contributed by atoms with Crippen molar-refractivity contribution in [1.82, 2.24) is 136 Å². The van der Waals surface area contributed by atoms with E-state index in [-0.39, 0.29) is 0 Å². The van der Waals surface area contributed by atoms with Crippen LogP contribution in [0.25, 0.3) is 0 Å². The van der Waals surface area contributed by atoms with Gasteiger partial charge >= 0.3 is 0 Å². The Kier molecular flexibility index (Phi) is 49.6. The minimum atomic E-state index is 1.26. The molecule has 75 heavy (non-hydrogen) atoms. The molecular weight excluding hydrogens is 1050 g/mol. The van der Waals surface area contributed by atoms with Gasteiger partial charge in [0.15, 0.2) is 25.4 Å². The molecule has 32 nitrogen and oxygen atoms in total. The van der Waals surface area contributed by atoms with E-state index in [0.717, 1.165) is 0 Å². The third-order valence-corrected chi connectivity index (χ3v) is 7.07. The van der Waals surface area contributed by atoms with Gasteiger partial charge in [-0.25, -0.2) is 39.9 Å². The van der Waals surface area contributed by atoms with Gasteiger partial charge in [0, 0.05) is 85.1 Å². The van der Waals surface area contributed by atoms with E-state index in [0.29, 0.717) is 0 Å². The number of nitrogens with one attached hydrogen (secondary N) is 6. The molecular formula is C39H45N27O5S4. The van der Waals surface area contributed by atoms with Crippen molar-refractivity contribution in [3.05, 3.63) is 238 Å². The van der Waals surface area contributed by atoms with Gasteiger partial charge in [0.05, 0.1) is 36.1 Å². The van der Waals surface area contributed by atoms with Crippen LogP contribution in [0.1, 0.15) is 0 Å². The van der Waals surface area contributed by atoms with Gasteiger partial charge in [-0.1, -0.05) is 10.3 Å².